The van der Waals surface area contributed by atoms with Crippen molar-refractivity contribution in [2.75, 3.05) is 0 Å². The number of hydrogen-bond acceptors (Lipinski definition) is 5. The number of halogens is 1. The van der Waals surface area contributed by atoms with Gasteiger partial charge in [0.1, 0.15) is 24.1 Å². The van der Waals surface area contributed by atoms with Gasteiger partial charge in [-0.1, -0.05) is 12.1 Å². The van der Waals surface area contributed by atoms with E-state index in [1.165, 1.54) is 48.1 Å². The summed E-state index contributed by atoms with van der Waals surface area (Å²) in [7, 11) is -3.53. The molecule has 3 N–H and O–H groups in total. The monoisotopic (exact) mass is 297 g/mol. The number of rotatable bonds is 5. The molecule has 1 aromatic heterocycles. The lowest BCUT2D eigenvalue weighted by atomic mass is 9.96. The van der Waals surface area contributed by atoms with Crippen LogP contribution in [0, 0.1) is 5.82 Å². The summed E-state index contributed by atoms with van der Waals surface area (Å²) in [5.74, 6) is -0.426. The molecule has 1 heterocycles. The van der Waals surface area contributed by atoms with Gasteiger partial charge >= 0.3 is 8.56 Å². The third-order valence-electron chi connectivity index (χ3n) is 2.90. The molecule has 0 saturated heterocycles. The largest absolute Gasteiger partial charge is 0.411 e. The Balaban J connectivity index is 2.34. The zero-order valence-electron chi connectivity index (χ0n) is 10.9. The van der Waals surface area contributed by atoms with Crippen molar-refractivity contribution >= 4 is 8.56 Å². The molecule has 108 valence electrons. The molecule has 1 aromatic carbocycles. The van der Waals surface area contributed by atoms with Gasteiger partial charge < -0.3 is 14.7 Å². The molecule has 8 heteroatoms. The third kappa shape index (κ3) is 3.70. The third-order valence-corrected chi connectivity index (χ3v) is 4.15. The highest BCUT2D eigenvalue weighted by Crippen LogP contribution is 2.31. The molecule has 0 radical (unpaired) electrons. The summed E-state index contributed by atoms with van der Waals surface area (Å²) in [5.41, 5.74) is -1.15. The van der Waals surface area contributed by atoms with Crippen molar-refractivity contribution in [1.29, 1.82) is 0 Å². The Morgan fingerprint density at radius 3 is 2.45 bits per heavy atom. The molecule has 0 fully saturated rings. The van der Waals surface area contributed by atoms with E-state index in [0.717, 1.165) is 0 Å². The van der Waals surface area contributed by atoms with Crippen molar-refractivity contribution in [3.63, 3.8) is 0 Å². The smallest absolute Gasteiger partial charge is 0.332 e. The number of aliphatic hydroxyl groups is 1. The van der Waals surface area contributed by atoms with Gasteiger partial charge in [-0.25, -0.2) is 14.1 Å². The highest BCUT2D eigenvalue weighted by Gasteiger charge is 2.39. The molecule has 2 rings (SSSR count). The Kier molecular flexibility index (Phi) is 4.00. The van der Waals surface area contributed by atoms with E-state index in [9.17, 15) is 19.1 Å². The maximum Gasteiger partial charge on any atom is 0.332 e. The first-order valence-electron chi connectivity index (χ1n) is 6.04. The molecule has 1 unspecified atom stereocenters. The Morgan fingerprint density at radius 1 is 1.30 bits per heavy atom. The van der Waals surface area contributed by atoms with Crippen LogP contribution in [0.5, 0.6) is 0 Å². The summed E-state index contributed by atoms with van der Waals surface area (Å²) in [4.78, 5) is 23.2. The zero-order chi connectivity index (χ0) is 14.8. The van der Waals surface area contributed by atoms with Crippen molar-refractivity contribution in [3.8, 4) is 0 Å². The topological polar surface area (TPSA) is 91.4 Å². The molecular formula is C12H16FN3O3Si. The van der Waals surface area contributed by atoms with Gasteiger partial charge in [0.05, 0.1) is 6.54 Å². The zero-order valence-corrected chi connectivity index (χ0v) is 11.9. The Morgan fingerprint density at radius 2 is 1.95 bits per heavy atom. The molecule has 0 amide bonds. The summed E-state index contributed by atoms with van der Waals surface area (Å²) < 4.78 is 14.4. The molecule has 6 nitrogen and oxygen atoms in total. The predicted molar refractivity (Wildman–Crippen MR) is 71.2 cm³/mol. The van der Waals surface area contributed by atoms with E-state index in [0.29, 0.717) is 5.56 Å². The van der Waals surface area contributed by atoms with Gasteiger partial charge in [-0.15, -0.1) is 0 Å². The molecule has 0 saturated carbocycles. The molecular weight excluding hydrogens is 281 g/mol. The van der Waals surface area contributed by atoms with Gasteiger partial charge in [-0.05, 0) is 24.2 Å². The van der Waals surface area contributed by atoms with E-state index in [-0.39, 0.29) is 12.6 Å². The predicted octanol–water partition coefficient (Wildman–Crippen LogP) is 0.362. The Hall–Kier alpha value is -1.61. The van der Waals surface area contributed by atoms with Gasteiger partial charge in [-0.3, -0.25) is 0 Å². The van der Waals surface area contributed by atoms with Crippen LogP contribution in [0.1, 0.15) is 5.56 Å². The number of nitrogens with zero attached hydrogens (tertiary/aromatic N) is 3. The van der Waals surface area contributed by atoms with Gasteiger partial charge in [0, 0.05) is 6.04 Å². The Labute approximate surface area is 116 Å². The molecule has 20 heavy (non-hydrogen) atoms. The summed E-state index contributed by atoms with van der Waals surface area (Å²) in [6, 6.07) is 5.06. The maximum atomic E-state index is 13.0. The highest BCUT2D eigenvalue weighted by molar-refractivity contribution is 6.63. The SMILES string of the molecule is C[Si](O)(O)CC(O)(Cn1cncn1)c1ccc(F)cc1. The first-order chi connectivity index (χ1) is 9.28. The molecule has 2 aromatic rings. The van der Waals surface area contributed by atoms with Crippen molar-refractivity contribution in [2.45, 2.75) is 24.7 Å². The summed E-state index contributed by atoms with van der Waals surface area (Å²) in [5, 5.41) is 14.7. The molecule has 0 aliphatic heterocycles. The van der Waals surface area contributed by atoms with Crippen LogP contribution in [-0.2, 0) is 12.1 Å². The van der Waals surface area contributed by atoms with Crippen LogP contribution in [0.3, 0.4) is 0 Å². The second kappa shape index (κ2) is 5.41. The van der Waals surface area contributed by atoms with Crippen LogP contribution in [0.4, 0.5) is 4.39 Å². The fourth-order valence-electron chi connectivity index (χ4n) is 2.15. The fraction of sp³-hybridized carbons (Fsp3) is 0.333. The van der Waals surface area contributed by atoms with Crippen molar-refractivity contribution in [3.05, 3.63) is 48.3 Å². The summed E-state index contributed by atoms with van der Waals surface area (Å²) in [6.07, 6.45) is 2.74. The number of aromatic nitrogens is 3. The lowest BCUT2D eigenvalue weighted by Crippen LogP contribution is -2.43. The van der Waals surface area contributed by atoms with Gasteiger partial charge in [-0.2, -0.15) is 5.10 Å². The lowest BCUT2D eigenvalue weighted by Gasteiger charge is -2.31. The minimum absolute atomic E-state index is 0.00232. The molecule has 0 aliphatic carbocycles. The summed E-state index contributed by atoms with van der Waals surface area (Å²) >= 11 is 0. The number of hydrogen-bond donors (Lipinski definition) is 3. The van der Waals surface area contributed by atoms with Crippen molar-refractivity contribution < 1.29 is 19.1 Å². The first-order valence-corrected chi connectivity index (χ1v) is 8.64. The Bertz CT molecular complexity index is 556. The van der Waals surface area contributed by atoms with Gasteiger partial charge in [0.15, 0.2) is 0 Å². The normalized spacial score (nSPS) is 15.1. The fourth-order valence-corrected chi connectivity index (χ4v) is 3.57. The second-order valence-corrected chi connectivity index (χ2v) is 7.81. The van der Waals surface area contributed by atoms with Gasteiger partial charge in [0.25, 0.3) is 0 Å². The minimum Gasteiger partial charge on any atom is -0.411 e. The van der Waals surface area contributed by atoms with Crippen molar-refractivity contribution in [2.24, 2.45) is 0 Å². The van der Waals surface area contributed by atoms with Crippen LogP contribution in [0.15, 0.2) is 36.9 Å². The first kappa shape index (κ1) is 14.8. The minimum atomic E-state index is -3.53. The summed E-state index contributed by atoms with van der Waals surface area (Å²) in [6.45, 7) is 1.31. The van der Waals surface area contributed by atoms with Crippen LogP contribution in [0.2, 0.25) is 12.6 Å². The van der Waals surface area contributed by atoms with Crippen LogP contribution in [-0.4, -0.2) is 38.0 Å². The van der Waals surface area contributed by atoms with E-state index in [1.807, 2.05) is 0 Å². The van der Waals surface area contributed by atoms with Crippen LogP contribution >= 0.6 is 0 Å². The maximum absolute atomic E-state index is 13.0. The standard InChI is InChI=1S/C12H16FN3O3Si/c1-20(18,19)7-12(17,6-16-9-14-8-15-16)10-2-4-11(13)5-3-10/h2-5,8-9,17-19H,6-7H2,1H3. The van der Waals surface area contributed by atoms with Crippen LogP contribution < -0.4 is 0 Å². The average molecular weight is 297 g/mol. The van der Waals surface area contributed by atoms with E-state index in [1.54, 1.807) is 0 Å². The van der Waals surface area contributed by atoms with E-state index in [2.05, 4.69) is 10.1 Å². The quantitative estimate of drug-likeness (QED) is 0.693. The average Bonchev–Trinajstić information content (AvgIpc) is 2.79. The van der Waals surface area contributed by atoms with Gasteiger partial charge in [0.2, 0.25) is 0 Å². The van der Waals surface area contributed by atoms with Crippen LogP contribution in [0.25, 0.3) is 0 Å². The lowest BCUT2D eigenvalue weighted by molar-refractivity contribution is 0.0263. The molecule has 1 atom stereocenters. The second-order valence-electron chi connectivity index (χ2n) is 5.03. The van der Waals surface area contributed by atoms with E-state index < -0.39 is 20.0 Å². The van der Waals surface area contributed by atoms with Crippen molar-refractivity contribution in [1.82, 2.24) is 14.8 Å². The van der Waals surface area contributed by atoms with E-state index >= 15 is 0 Å². The number of benzene rings is 1. The highest BCUT2D eigenvalue weighted by atomic mass is 28.4. The molecule has 0 spiro atoms. The molecule has 0 bridgehead atoms. The molecule has 0 aliphatic rings. The van der Waals surface area contributed by atoms with E-state index in [4.69, 9.17) is 0 Å².